The second kappa shape index (κ2) is 6.97. The van der Waals surface area contributed by atoms with Crippen LogP contribution < -0.4 is 10.6 Å². The van der Waals surface area contributed by atoms with Gasteiger partial charge in [0.2, 0.25) is 0 Å². The highest BCUT2D eigenvalue weighted by molar-refractivity contribution is 9.10. The van der Waals surface area contributed by atoms with Crippen LogP contribution in [-0.4, -0.2) is 28.1 Å². The van der Waals surface area contributed by atoms with Crippen molar-refractivity contribution in [2.24, 2.45) is 0 Å². The number of allylic oxidation sites excluding steroid dienone is 1. The lowest BCUT2D eigenvalue weighted by Crippen LogP contribution is -2.46. The van der Waals surface area contributed by atoms with Crippen LogP contribution in [0.3, 0.4) is 0 Å². The van der Waals surface area contributed by atoms with Gasteiger partial charge in [-0.15, -0.1) is 0 Å². The first-order chi connectivity index (χ1) is 11.9. The molecule has 1 aromatic heterocycles. The van der Waals surface area contributed by atoms with Crippen molar-refractivity contribution in [3.63, 3.8) is 0 Å². The molecule has 6 nitrogen and oxygen atoms in total. The van der Waals surface area contributed by atoms with E-state index in [4.69, 9.17) is 16.7 Å². The number of nitrogens with zero attached hydrogens (tertiary/aromatic N) is 2. The highest BCUT2D eigenvalue weighted by Crippen LogP contribution is 2.34. The smallest absolute Gasteiger partial charge is 0.257 e. The van der Waals surface area contributed by atoms with E-state index < -0.39 is 0 Å². The Labute approximate surface area is 159 Å². The molecule has 1 amide bonds. The summed E-state index contributed by atoms with van der Waals surface area (Å²) in [5.41, 5.74) is 2.28. The second-order valence-corrected chi connectivity index (χ2v) is 6.98. The van der Waals surface area contributed by atoms with E-state index in [1.165, 1.54) is 0 Å². The number of carbonyl (C=O) groups excluding carboxylic acids is 1. The molecule has 25 heavy (non-hydrogen) atoms. The lowest BCUT2D eigenvalue weighted by molar-refractivity contribution is -0.113. The molecule has 2 heterocycles. The summed E-state index contributed by atoms with van der Waals surface area (Å²) in [7, 11) is 1.83. The molecule has 8 heteroatoms. The molecule has 0 spiro atoms. The average Bonchev–Trinajstić information content (AvgIpc) is 2.97. The molecule has 0 saturated carbocycles. The first-order valence-corrected chi connectivity index (χ1v) is 8.82. The molecule has 0 fully saturated rings. The van der Waals surface area contributed by atoms with Crippen LogP contribution in [0.1, 0.15) is 24.3 Å². The number of aryl methyl sites for hydroxylation is 1. The molecule has 1 atom stereocenters. The Morgan fingerprint density at radius 1 is 1.40 bits per heavy atom. The first-order valence-electron chi connectivity index (χ1n) is 7.62. The third-order valence-corrected chi connectivity index (χ3v) is 5.20. The summed E-state index contributed by atoms with van der Waals surface area (Å²) in [6, 6.07) is 9.05. The zero-order valence-corrected chi connectivity index (χ0v) is 16.4. The zero-order valence-electron chi connectivity index (χ0n) is 14.0. The predicted molar refractivity (Wildman–Crippen MR) is 103 cm³/mol. The number of halogens is 1. The average molecular weight is 421 g/mol. The summed E-state index contributed by atoms with van der Waals surface area (Å²) < 4.78 is 5.91. The molecular weight excluding hydrogens is 404 g/mol. The van der Waals surface area contributed by atoms with Crippen molar-refractivity contribution in [3.8, 4) is 0 Å². The summed E-state index contributed by atoms with van der Waals surface area (Å²) in [6.07, 6.45) is 0. The van der Waals surface area contributed by atoms with E-state index in [-0.39, 0.29) is 11.9 Å². The van der Waals surface area contributed by atoms with Gasteiger partial charge in [0.1, 0.15) is 5.76 Å². The number of carbonyl (C=O) groups is 1. The number of amides is 1. The van der Waals surface area contributed by atoms with Crippen molar-refractivity contribution in [1.82, 2.24) is 15.4 Å². The third kappa shape index (κ3) is 3.45. The van der Waals surface area contributed by atoms with Gasteiger partial charge in [0, 0.05) is 23.3 Å². The largest absolute Gasteiger partial charge is 0.360 e. The third-order valence-electron chi connectivity index (χ3n) is 4.08. The topological polar surface area (TPSA) is 70.4 Å². The summed E-state index contributed by atoms with van der Waals surface area (Å²) in [4.78, 5) is 14.7. The number of aromatic nitrogens is 1. The number of hydrogen-bond acceptors (Lipinski definition) is 4. The van der Waals surface area contributed by atoms with Crippen LogP contribution in [0.4, 0.5) is 5.82 Å². The van der Waals surface area contributed by atoms with Gasteiger partial charge in [-0.1, -0.05) is 39.3 Å². The number of thiocarbonyl (C=S) groups is 1. The Bertz CT molecular complexity index is 877. The van der Waals surface area contributed by atoms with E-state index in [1.807, 2.05) is 38.2 Å². The van der Waals surface area contributed by atoms with Crippen molar-refractivity contribution in [2.75, 3.05) is 12.4 Å². The first kappa shape index (κ1) is 17.6. The molecule has 2 aromatic rings. The molecule has 0 bridgehead atoms. The maximum atomic E-state index is 13.0. The Morgan fingerprint density at radius 3 is 2.76 bits per heavy atom. The van der Waals surface area contributed by atoms with Gasteiger partial charge in [0.05, 0.1) is 11.6 Å². The molecular formula is C17H17BrN4O2S. The zero-order chi connectivity index (χ0) is 18.1. The summed E-state index contributed by atoms with van der Waals surface area (Å²) in [5.74, 6) is 0.751. The van der Waals surface area contributed by atoms with Crippen molar-refractivity contribution in [3.05, 3.63) is 57.4 Å². The maximum Gasteiger partial charge on any atom is 0.257 e. The van der Waals surface area contributed by atoms with Crippen molar-refractivity contribution in [1.29, 1.82) is 0 Å². The van der Waals surface area contributed by atoms with Gasteiger partial charge in [0.25, 0.3) is 5.91 Å². The minimum Gasteiger partial charge on any atom is -0.360 e. The van der Waals surface area contributed by atoms with Crippen LogP contribution in [-0.2, 0) is 4.79 Å². The Morgan fingerprint density at radius 2 is 2.12 bits per heavy atom. The minimum absolute atomic E-state index is 0.256. The standard InChI is InChI=1S/C17H17BrN4O2S/c1-9-8-13(21-24-9)19-16(23)14-10(2)22(3)17(25)20-15(14)11-6-4-5-7-12(11)18/h4-8,15H,1-3H3,(H,20,25)(H,19,21,23). The Kier molecular flexibility index (Phi) is 4.91. The monoisotopic (exact) mass is 420 g/mol. The van der Waals surface area contributed by atoms with Crippen LogP contribution in [0.25, 0.3) is 0 Å². The lowest BCUT2D eigenvalue weighted by Gasteiger charge is -2.36. The Hall–Kier alpha value is -2.19. The van der Waals surface area contributed by atoms with Crippen LogP contribution in [0.2, 0.25) is 0 Å². The van der Waals surface area contributed by atoms with Gasteiger partial charge in [-0.05, 0) is 37.7 Å². The molecule has 2 N–H and O–H groups in total. The van der Waals surface area contributed by atoms with Gasteiger partial charge in [-0.2, -0.15) is 0 Å². The van der Waals surface area contributed by atoms with Gasteiger partial charge in [-0.3, -0.25) is 4.79 Å². The van der Waals surface area contributed by atoms with Crippen molar-refractivity contribution in [2.45, 2.75) is 19.9 Å². The lowest BCUT2D eigenvalue weighted by atomic mass is 9.94. The van der Waals surface area contributed by atoms with Crippen LogP contribution in [0.15, 0.2) is 50.6 Å². The summed E-state index contributed by atoms with van der Waals surface area (Å²) in [5, 5.41) is 10.4. The second-order valence-electron chi connectivity index (χ2n) is 5.74. The molecule has 0 radical (unpaired) electrons. The maximum absolute atomic E-state index is 13.0. The number of nitrogens with one attached hydrogen (secondary N) is 2. The fourth-order valence-corrected chi connectivity index (χ4v) is 3.45. The van der Waals surface area contributed by atoms with Crippen LogP contribution in [0.5, 0.6) is 0 Å². The van der Waals surface area contributed by atoms with E-state index in [9.17, 15) is 4.79 Å². The molecule has 130 valence electrons. The number of benzene rings is 1. The van der Waals surface area contributed by atoms with Crippen molar-refractivity contribution >= 4 is 45.0 Å². The number of hydrogen-bond donors (Lipinski definition) is 2. The fourth-order valence-electron chi connectivity index (χ4n) is 2.68. The SMILES string of the molecule is CC1=C(C(=O)Nc2cc(C)on2)C(c2ccccc2Br)NC(=S)N1C. The highest BCUT2D eigenvalue weighted by atomic mass is 79.9. The van der Waals surface area contributed by atoms with Crippen LogP contribution in [0, 0.1) is 6.92 Å². The Balaban J connectivity index is 2.02. The molecule has 1 unspecified atom stereocenters. The van der Waals surface area contributed by atoms with Gasteiger partial charge in [0.15, 0.2) is 10.9 Å². The molecule has 1 aliphatic rings. The van der Waals surface area contributed by atoms with Gasteiger partial charge >= 0.3 is 0 Å². The normalized spacial score (nSPS) is 17.5. The summed E-state index contributed by atoms with van der Waals surface area (Å²) in [6.45, 7) is 3.64. The summed E-state index contributed by atoms with van der Waals surface area (Å²) >= 11 is 8.96. The molecule has 3 rings (SSSR count). The van der Waals surface area contributed by atoms with Crippen molar-refractivity contribution < 1.29 is 9.32 Å². The molecule has 1 aliphatic heterocycles. The van der Waals surface area contributed by atoms with E-state index >= 15 is 0 Å². The van der Waals surface area contributed by atoms with E-state index in [1.54, 1.807) is 17.9 Å². The highest BCUT2D eigenvalue weighted by Gasteiger charge is 2.33. The van der Waals surface area contributed by atoms with E-state index in [0.29, 0.717) is 22.3 Å². The molecule has 1 aromatic carbocycles. The van der Waals surface area contributed by atoms with Gasteiger partial charge < -0.3 is 20.1 Å². The number of rotatable bonds is 3. The molecule has 0 saturated heterocycles. The number of anilines is 1. The molecule has 0 aliphatic carbocycles. The fraction of sp³-hybridized carbons (Fsp3) is 0.235. The van der Waals surface area contributed by atoms with Gasteiger partial charge in [-0.25, -0.2) is 0 Å². The quantitative estimate of drug-likeness (QED) is 0.740. The van der Waals surface area contributed by atoms with E-state index in [2.05, 4.69) is 31.7 Å². The predicted octanol–water partition coefficient (Wildman–Crippen LogP) is 3.52. The minimum atomic E-state index is -0.368. The van der Waals surface area contributed by atoms with Crippen LogP contribution >= 0.6 is 28.1 Å². The van der Waals surface area contributed by atoms with E-state index in [0.717, 1.165) is 15.7 Å².